The zero-order chi connectivity index (χ0) is 20.6. The molecule has 1 aromatic rings. The van der Waals surface area contributed by atoms with Crippen LogP contribution in [0.2, 0.25) is 0 Å². The lowest BCUT2D eigenvalue weighted by atomic mass is 9.83. The highest BCUT2D eigenvalue weighted by molar-refractivity contribution is 5.81. The number of nitrogens with zero attached hydrogens (tertiary/aromatic N) is 3. The van der Waals surface area contributed by atoms with Crippen LogP contribution in [0.25, 0.3) is 0 Å². The first-order valence-corrected chi connectivity index (χ1v) is 11.1. The van der Waals surface area contributed by atoms with Crippen molar-refractivity contribution in [3.63, 3.8) is 0 Å². The third-order valence-electron chi connectivity index (χ3n) is 6.01. The Morgan fingerprint density at radius 3 is 2.72 bits per heavy atom. The summed E-state index contributed by atoms with van der Waals surface area (Å²) < 4.78 is 0. The van der Waals surface area contributed by atoms with Crippen LogP contribution >= 0.6 is 0 Å². The molecule has 2 aliphatic heterocycles. The first kappa shape index (κ1) is 21.6. The van der Waals surface area contributed by atoms with Crippen LogP contribution < -0.4 is 10.6 Å². The largest absolute Gasteiger partial charge is 0.356 e. The molecule has 6 nitrogen and oxygen atoms in total. The smallest absolute Gasteiger partial charge is 0.221 e. The third kappa shape index (κ3) is 6.20. The maximum atomic E-state index is 11.9. The SMILES string of the molecule is CN=C(NCCC(=O)NC(C)C)N1CCC2C(CCCN2Cc2ccccc2)C1. The van der Waals surface area contributed by atoms with Crippen molar-refractivity contribution in [1.82, 2.24) is 20.4 Å². The van der Waals surface area contributed by atoms with E-state index in [-0.39, 0.29) is 11.9 Å². The highest BCUT2D eigenvalue weighted by Gasteiger charge is 2.36. The Hall–Kier alpha value is -2.08. The van der Waals surface area contributed by atoms with Gasteiger partial charge in [-0.2, -0.15) is 0 Å². The number of likely N-dealkylation sites (tertiary alicyclic amines) is 2. The molecule has 1 amide bonds. The number of rotatable bonds is 6. The van der Waals surface area contributed by atoms with Crippen LogP contribution in [-0.2, 0) is 11.3 Å². The number of hydrogen-bond acceptors (Lipinski definition) is 3. The van der Waals surface area contributed by atoms with Crippen molar-refractivity contribution in [2.24, 2.45) is 10.9 Å². The van der Waals surface area contributed by atoms with Crippen molar-refractivity contribution in [3.05, 3.63) is 35.9 Å². The second-order valence-electron chi connectivity index (χ2n) is 8.61. The lowest BCUT2D eigenvalue weighted by molar-refractivity contribution is -0.121. The zero-order valence-corrected chi connectivity index (χ0v) is 18.2. The maximum Gasteiger partial charge on any atom is 0.221 e. The zero-order valence-electron chi connectivity index (χ0n) is 18.2. The monoisotopic (exact) mass is 399 g/mol. The minimum atomic E-state index is 0.0884. The number of carbonyl (C=O) groups is 1. The number of piperidine rings is 2. The fourth-order valence-electron chi connectivity index (χ4n) is 4.73. The lowest BCUT2D eigenvalue weighted by Crippen LogP contribution is -2.56. The summed E-state index contributed by atoms with van der Waals surface area (Å²) in [5.41, 5.74) is 1.41. The summed E-state index contributed by atoms with van der Waals surface area (Å²) in [6.07, 6.45) is 4.21. The fraction of sp³-hybridized carbons (Fsp3) is 0.652. The molecule has 3 rings (SSSR count). The van der Waals surface area contributed by atoms with Gasteiger partial charge in [0.1, 0.15) is 0 Å². The number of benzene rings is 1. The molecule has 2 atom stereocenters. The molecule has 0 bridgehead atoms. The topological polar surface area (TPSA) is 60.0 Å². The second kappa shape index (κ2) is 10.6. The Balaban J connectivity index is 1.51. The molecule has 2 aliphatic rings. The third-order valence-corrected chi connectivity index (χ3v) is 6.01. The maximum absolute atomic E-state index is 11.9. The van der Waals surface area contributed by atoms with Crippen LogP contribution in [0.4, 0.5) is 0 Å². The van der Waals surface area contributed by atoms with Crippen LogP contribution in [0.3, 0.4) is 0 Å². The number of amides is 1. The van der Waals surface area contributed by atoms with Crippen LogP contribution in [0.15, 0.2) is 35.3 Å². The molecule has 6 heteroatoms. The Kier molecular flexibility index (Phi) is 7.92. The molecule has 2 saturated heterocycles. The van der Waals surface area contributed by atoms with Gasteiger partial charge in [-0.15, -0.1) is 0 Å². The van der Waals surface area contributed by atoms with Gasteiger partial charge in [-0.3, -0.25) is 14.7 Å². The van der Waals surface area contributed by atoms with Crippen molar-refractivity contribution in [3.8, 4) is 0 Å². The number of nitrogens with one attached hydrogen (secondary N) is 2. The summed E-state index contributed by atoms with van der Waals surface area (Å²) >= 11 is 0. The van der Waals surface area contributed by atoms with Gasteiger partial charge in [0.15, 0.2) is 5.96 Å². The normalized spacial score (nSPS) is 23.0. The van der Waals surface area contributed by atoms with Gasteiger partial charge in [0.25, 0.3) is 0 Å². The molecule has 160 valence electrons. The van der Waals surface area contributed by atoms with Crippen molar-refractivity contribution >= 4 is 11.9 Å². The minimum absolute atomic E-state index is 0.0884. The highest BCUT2D eigenvalue weighted by atomic mass is 16.1. The van der Waals surface area contributed by atoms with Gasteiger partial charge in [0.2, 0.25) is 5.91 Å². The first-order valence-electron chi connectivity index (χ1n) is 11.1. The lowest BCUT2D eigenvalue weighted by Gasteiger charge is -2.48. The Bertz CT molecular complexity index is 675. The van der Waals surface area contributed by atoms with E-state index in [1.165, 1.54) is 31.4 Å². The predicted molar refractivity (Wildman–Crippen MR) is 119 cm³/mol. The van der Waals surface area contributed by atoms with Gasteiger partial charge >= 0.3 is 0 Å². The molecular weight excluding hydrogens is 362 g/mol. The average Bonchev–Trinajstić information content (AvgIpc) is 2.71. The van der Waals surface area contributed by atoms with Crippen molar-refractivity contribution in [2.45, 2.75) is 58.2 Å². The van der Waals surface area contributed by atoms with E-state index in [0.29, 0.717) is 24.9 Å². The van der Waals surface area contributed by atoms with E-state index < -0.39 is 0 Å². The van der Waals surface area contributed by atoms with Crippen LogP contribution in [0.1, 0.15) is 45.1 Å². The molecule has 2 heterocycles. The van der Waals surface area contributed by atoms with E-state index in [0.717, 1.165) is 25.6 Å². The molecule has 0 saturated carbocycles. The van der Waals surface area contributed by atoms with Gasteiger partial charge in [0, 0.05) is 51.7 Å². The van der Waals surface area contributed by atoms with E-state index in [4.69, 9.17) is 0 Å². The molecular formula is C23H37N5O. The molecule has 29 heavy (non-hydrogen) atoms. The number of carbonyl (C=O) groups excluding carboxylic acids is 1. The van der Waals surface area contributed by atoms with E-state index in [9.17, 15) is 4.79 Å². The standard InChI is InChI=1S/C23H37N5O/c1-18(2)26-22(29)11-13-25-23(24-3)28-15-12-21-20(17-28)10-7-14-27(21)16-19-8-5-4-6-9-19/h4-6,8-9,18,20-21H,7,10-17H2,1-3H3,(H,24,25)(H,26,29). The number of guanidine groups is 1. The second-order valence-corrected chi connectivity index (χ2v) is 8.61. The average molecular weight is 400 g/mol. The summed E-state index contributed by atoms with van der Waals surface area (Å²) in [6, 6.07) is 11.7. The number of fused-ring (bicyclic) bond motifs is 1. The summed E-state index contributed by atoms with van der Waals surface area (Å²) in [6.45, 7) is 8.92. The first-order chi connectivity index (χ1) is 14.1. The molecule has 0 spiro atoms. The summed E-state index contributed by atoms with van der Waals surface area (Å²) in [7, 11) is 1.84. The minimum Gasteiger partial charge on any atom is -0.356 e. The van der Waals surface area contributed by atoms with Crippen molar-refractivity contribution in [2.75, 3.05) is 33.2 Å². The van der Waals surface area contributed by atoms with Gasteiger partial charge < -0.3 is 15.5 Å². The van der Waals surface area contributed by atoms with Gasteiger partial charge in [-0.25, -0.2) is 0 Å². The summed E-state index contributed by atoms with van der Waals surface area (Å²) in [5.74, 6) is 1.70. The van der Waals surface area contributed by atoms with Crippen molar-refractivity contribution in [1.29, 1.82) is 0 Å². The molecule has 0 aliphatic carbocycles. The van der Waals surface area contributed by atoms with Gasteiger partial charge in [-0.1, -0.05) is 30.3 Å². The molecule has 0 radical (unpaired) electrons. The molecule has 2 fully saturated rings. The Labute approximate surface area is 175 Å². The van der Waals surface area contributed by atoms with E-state index in [2.05, 4.69) is 55.8 Å². The van der Waals surface area contributed by atoms with Crippen LogP contribution in [0, 0.1) is 5.92 Å². The molecule has 0 aromatic heterocycles. The highest BCUT2D eigenvalue weighted by Crippen LogP contribution is 2.31. The van der Waals surface area contributed by atoms with E-state index >= 15 is 0 Å². The summed E-state index contributed by atoms with van der Waals surface area (Å²) in [5, 5.41) is 6.33. The number of aliphatic imine (C=N–C) groups is 1. The molecule has 1 aromatic carbocycles. The van der Waals surface area contributed by atoms with Crippen LogP contribution in [0.5, 0.6) is 0 Å². The predicted octanol–water partition coefficient (Wildman–Crippen LogP) is 2.46. The van der Waals surface area contributed by atoms with Crippen LogP contribution in [-0.4, -0.2) is 67.0 Å². The van der Waals surface area contributed by atoms with E-state index in [1.807, 2.05) is 20.9 Å². The quantitative estimate of drug-likeness (QED) is 0.570. The van der Waals surface area contributed by atoms with Gasteiger partial charge in [0.05, 0.1) is 0 Å². The molecule has 2 unspecified atom stereocenters. The molecule has 2 N–H and O–H groups in total. The summed E-state index contributed by atoms with van der Waals surface area (Å²) in [4.78, 5) is 21.4. The Morgan fingerprint density at radius 2 is 2.00 bits per heavy atom. The number of hydrogen-bond donors (Lipinski definition) is 2. The Morgan fingerprint density at radius 1 is 1.21 bits per heavy atom. The fourth-order valence-corrected chi connectivity index (χ4v) is 4.73. The van der Waals surface area contributed by atoms with Crippen molar-refractivity contribution < 1.29 is 4.79 Å². The van der Waals surface area contributed by atoms with Gasteiger partial charge in [-0.05, 0) is 51.1 Å². The van der Waals surface area contributed by atoms with E-state index in [1.54, 1.807) is 0 Å².